The van der Waals surface area contributed by atoms with Crippen molar-refractivity contribution in [3.8, 4) is 23.1 Å². The summed E-state index contributed by atoms with van der Waals surface area (Å²) in [6.07, 6.45) is 1.94. The summed E-state index contributed by atoms with van der Waals surface area (Å²) in [7, 11) is 1.91. The number of aryl methyl sites for hydroxylation is 2. The minimum atomic E-state index is 0.788. The van der Waals surface area contributed by atoms with Gasteiger partial charge in [0.2, 0.25) is 0 Å². The highest BCUT2D eigenvalue weighted by Crippen LogP contribution is 2.26. The highest BCUT2D eigenvalue weighted by molar-refractivity contribution is 9.10. The number of pyridine rings is 1. The van der Waals surface area contributed by atoms with Crippen molar-refractivity contribution < 1.29 is 0 Å². The normalized spacial score (nSPS) is 10.1. The number of nitrogens with zero attached hydrogens (tertiary/aromatic N) is 3. The predicted octanol–water partition coefficient (Wildman–Crippen LogP) is 3.95. The molecular formula is C18H14BrN3. The van der Waals surface area contributed by atoms with Crippen LogP contribution in [0.5, 0.6) is 0 Å². The second-order valence-corrected chi connectivity index (χ2v) is 5.85. The summed E-state index contributed by atoms with van der Waals surface area (Å²) in [6.45, 7) is 1.96. The van der Waals surface area contributed by atoms with E-state index in [0.717, 1.165) is 32.7 Å². The molecule has 0 atom stereocenters. The Bertz CT molecular complexity index is 867. The van der Waals surface area contributed by atoms with Crippen molar-refractivity contribution in [1.82, 2.24) is 14.8 Å². The lowest BCUT2D eigenvalue weighted by Crippen LogP contribution is -1.88. The molecule has 2 heterocycles. The minimum absolute atomic E-state index is 0.788. The Morgan fingerprint density at radius 2 is 1.82 bits per heavy atom. The maximum Gasteiger partial charge on any atom is 0.113 e. The predicted molar refractivity (Wildman–Crippen MR) is 91.3 cm³/mol. The SMILES string of the molecule is Cc1cccc(C#Cc2ccc(-c3nn(C)cc3Br)cc2)n1. The van der Waals surface area contributed by atoms with Gasteiger partial charge < -0.3 is 0 Å². The maximum absolute atomic E-state index is 4.44. The molecule has 0 N–H and O–H groups in total. The van der Waals surface area contributed by atoms with Crippen LogP contribution >= 0.6 is 15.9 Å². The Balaban J connectivity index is 1.85. The Morgan fingerprint density at radius 3 is 2.45 bits per heavy atom. The fraction of sp³-hybridized carbons (Fsp3) is 0.111. The summed E-state index contributed by atoms with van der Waals surface area (Å²) < 4.78 is 2.77. The van der Waals surface area contributed by atoms with E-state index in [9.17, 15) is 0 Å². The summed E-state index contributed by atoms with van der Waals surface area (Å²) in [6, 6.07) is 13.9. The Labute approximate surface area is 138 Å². The molecule has 0 unspecified atom stereocenters. The zero-order chi connectivity index (χ0) is 15.5. The van der Waals surface area contributed by atoms with Crippen LogP contribution in [0, 0.1) is 18.8 Å². The highest BCUT2D eigenvalue weighted by Gasteiger charge is 2.06. The molecule has 108 valence electrons. The van der Waals surface area contributed by atoms with E-state index in [2.05, 4.69) is 37.9 Å². The molecule has 3 aromatic rings. The summed E-state index contributed by atoms with van der Waals surface area (Å²) in [5.74, 6) is 6.22. The fourth-order valence-corrected chi connectivity index (χ4v) is 2.72. The monoisotopic (exact) mass is 351 g/mol. The van der Waals surface area contributed by atoms with Gasteiger partial charge in [0.05, 0.1) is 4.47 Å². The van der Waals surface area contributed by atoms with Crippen molar-refractivity contribution in [2.24, 2.45) is 7.05 Å². The molecule has 0 fully saturated rings. The van der Waals surface area contributed by atoms with E-state index in [-0.39, 0.29) is 0 Å². The van der Waals surface area contributed by atoms with Crippen LogP contribution in [0.2, 0.25) is 0 Å². The molecule has 0 saturated heterocycles. The molecule has 0 saturated carbocycles. The lowest BCUT2D eigenvalue weighted by atomic mass is 10.1. The van der Waals surface area contributed by atoms with Gasteiger partial charge in [0.25, 0.3) is 0 Å². The van der Waals surface area contributed by atoms with Crippen LogP contribution in [-0.4, -0.2) is 14.8 Å². The molecule has 0 radical (unpaired) electrons. The second kappa shape index (κ2) is 6.17. The fourth-order valence-electron chi connectivity index (χ4n) is 2.12. The van der Waals surface area contributed by atoms with Crippen molar-refractivity contribution in [3.05, 3.63) is 70.1 Å². The first-order valence-corrected chi connectivity index (χ1v) is 7.66. The lowest BCUT2D eigenvalue weighted by Gasteiger charge is -1.98. The van der Waals surface area contributed by atoms with E-state index in [1.165, 1.54) is 0 Å². The van der Waals surface area contributed by atoms with Crippen LogP contribution in [0.1, 0.15) is 17.0 Å². The molecule has 1 aromatic carbocycles. The first-order valence-electron chi connectivity index (χ1n) is 6.87. The Kier molecular flexibility index (Phi) is 4.08. The van der Waals surface area contributed by atoms with Crippen LogP contribution in [0.15, 0.2) is 53.1 Å². The van der Waals surface area contributed by atoms with E-state index < -0.39 is 0 Å². The molecule has 22 heavy (non-hydrogen) atoms. The van der Waals surface area contributed by atoms with Gasteiger partial charge in [0, 0.05) is 30.1 Å². The van der Waals surface area contributed by atoms with Gasteiger partial charge in [-0.15, -0.1) is 0 Å². The third-order valence-corrected chi connectivity index (χ3v) is 3.75. The van der Waals surface area contributed by atoms with Gasteiger partial charge >= 0.3 is 0 Å². The first-order chi connectivity index (χ1) is 10.6. The second-order valence-electron chi connectivity index (χ2n) is 4.99. The van der Waals surface area contributed by atoms with E-state index in [4.69, 9.17) is 0 Å². The van der Waals surface area contributed by atoms with Gasteiger partial charge in [0.15, 0.2) is 0 Å². The van der Waals surface area contributed by atoms with Gasteiger partial charge in [-0.1, -0.05) is 24.1 Å². The van der Waals surface area contributed by atoms with Crippen LogP contribution in [0.25, 0.3) is 11.3 Å². The topological polar surface area (TPSA) is 30.7 Å². The third-order valence-electron chi connectivity index (χ3n) is 3.17. The molecule has 0 amide bonds. The summed E-state index contributed by atoms with van der Waals surface area (Å²) >= 11 is 3.52. The number of benzene rings is 1. The van der Waals surface area contributed by atoms with E-state index in [1.807, 2.05) is 62.6 Å². The molecule has 4 heteroatoms. The van der Waals surface area contributed by atoms with Crippen molar-refractivity contribution in [1.29, 1.82) is 0 Å². The standard InChI is InChI=1S/C18H14BrN3/c1-13-4-3-5-16(20-13)11-8-14-6-9-15(10-7-14)18-17(19)12-22(2)21-18/h3-7,9-10,12H,1-2H3. The zero-order valence-corrected chi connectivity index (χ0v) is 13.9. The molecule has 0 aliphatic carbocycles. The molecule has 2 aromatic heterocycles. The largest absolute Gasteiger partial charge is 0.274 e. The number of hydrogen-bond donors (Lipinski definition) is 0. The van der Waals surface area contributed by atoms with Crippen molar-refractivity contribution in [2.75, 3.05) is 0 Å². The van der Waals surface area contributed by atoms with Gasteiger partial charge in [-0.2, -0.15) is 5.10 Å². The van der Waals surface area contributed by atoms with Crippen molar-refractivity contribution in [3.63, 3.8) is 0 Å². The highest BCUT2D eigenvalue weighted by atomic mass is 79.9. The van der Waals surface area contributed by atoms with E-state index in [1.54, 1.807) is 4.68 Å². The van der Waals surface area contributed by atoms with Gasteiger partial charge in [-0.05, 0) is 53.0 Å². The van der Waals surface area contributed by atoms with Crippen LogP contribution in [0.4, 0.5) is 0 Å². The number of aromatic nitrogens is 3. The maximum atomic E-state index is 4.44. The van der Waals surface area contributed by atoms with Gasteiger partial charge in [-0.3, -0.25) is 4.68 Å². The molecule has 0 bridgehead atoms. The minimum Gasteiger partial charge on any atom is -0.274 e. The molecule has 0 aliphatic rings. The number of halogens is 1. The molecule has 0 aliphatic heterocycles. The number of hydrogen-bond acceptors (Lipinski definition) is 2. The Hall–Kier alpha value is -2.38. The van der Waals surface area contributed by atoms with Crippen LogP contribution in [-0.2, 0) is 7.05 Å². The molecule has 3 rings (SSSR count). The summed E-state index contributed by atoms with van der Waals surface area (Å²) in [5, 5.41) is 4.44. The van der Waals surface area contributed by atoms with Gasteiger partial charge in [0.1, 0.15) is 11.4 Å². The van der Waals surface area contributed by atoms with Crippen LogP contribution in [0.3, 0.4) is 0 Å². The zero-order valence-electron chi connectivity index (χ0n) is 12.3. The smallest absolute Gasteiger partial charge is 0.113 e. The summed E-state index contributed by atoms with van der Waals surface area (Å²) in [4.78, 5) is 4.38. The molecule has 0 spiro atoms. The Morgan fingerprint density at radius 1 is 1.05 bits per heavy atom. The third kappa shape index (κ3) is 3.26. The quantitative estimate of drug-likeness (QED) is 0.621. The average molecular weight is 352 g/mol. The van der Waals surface area contributed by atoms with Crippen molar-refractivity contribution in [2.45, 2.75) is 6.92 Å². The first kappa shape index (κ1) is 14.6. The van der Waals surface area contributed by atoms with Crippen molar-refractivity contribution >= 4 is 15.9 Å². The molecule has 3 nitrogen and oxygen atoms in total. The number of rotatable bonds is 1. The van der Waals surface area contributed by atoms with E-state index in [0.29, 0.717) is 0 Å². The van der Waals surface area contributed by atoms with Gasteiger partial charge in [-0.25, -0.2) is 4.98 Å². The molecular weight excluding hydrogens is 338 g/mol. The van der Waals surface area contributed by atoms with E-state index >= 15 is 0 Å². The van der Waals surface area contributed by atoms with Crippen LogP contribution < -0.4 is 0 Å². The lowest BCUT2D eigenvalue weighted by molar-refractivity contribution is 0.770. The summed E-state index contributed by atoms with van der Waals surface area (Å²) in [5.41, 5.74) is 4.71. The average Bonchev–Trinajstić information content (AvgIpc) is 2.84.